The van der Waals surface area contributed by atoms with Crippen molar-refractivity contribution >= 4 is 53.7 Å². The van der Waals surface area contributed by atoms with Gasteiger partial charge in [0.2, 0.25) is 0 Å². The number of nitrogens with zero attached hydrogens (tertiary/aromatic N) is 4. The number of anilines is 1. The molecule has 0 atom stereocenters. The van der Waals surface area contributed by atoms with Crippen LogP contribution in [-0.4, -0.2) is 41.6 Å². The van der Waals surface area contributed by atoms with Crippen LogP contribution >= 0.6 is 31.0 Å². The number of phosphoric ester groups is 1. The Morgan fingerprint density at radius 2 is 2.03 bits per heavy atom. The first-order chi connectivity index (χ1) is 17.6. The van der Waals surface area contributed by atoms with Crippen LogP contribution in [0.1, 0.15) is 37.0 Å². The number of halogens is 1. The highest BCUT2D eigenvalue weighted by Crippen LogP contribution is 2.36. The lowest BCUT2D eigenvalue weighted by Crippen LogP contribution is -2.12. The maximum Gasteiger partial charge on any atom is 0.472 e. The van der Waals surface area contributed by atoms with E-state index in [1.54, 1.807) is 40.4 Å². The molecule has 0 aliphatic carbocycles. The van der Waals surface area contributed by atoms with E-state index in [1.165, 1.54) is 17.7 Å². The molecule has 4 aromatic rings. The van der Waals surface area contributed by atoms with Crippen LogP contribution in [-0.2, 0) is 15.6 Å². The molecule has 3 heterocycles. The maximum absolute atomic E-state index is 12.7. The molecule has 1 aromatic carbocycles. The van der Waals surface area contributed by atoms with Gasteiger partial charge in [-0.2, -0.15) is 5.10 Å². The molecule has 1 amide bonds. The molecule has 0 spiro atoms. The normalized spacial score (nSPS) is 11.8. The van der Waals surface area contributed by atoms with Crippen molar-refractivity contribution in [2.24, 2.45) is 5.92 Å². The van der Waals surface area contributed by atoms with Gasteiger partial charge in [-0.1, -0.05) is 25.4 Å². The number of carbonyl (C=O) groups excluding carboxylic acids is 1. The maximum atomic E-state index is 12.7. The number of nitrogens with one attached hydrogen (secondary N) is 1. The van der Waals surface area contributed by atoms with E-state index in [-0.39, 0.29) is 5.91 Å². The predicted octanol–water partition coefficient (Wildman–Crippen LogP) is 5.34. The molecule has 3 aromatic heterocycles. The van der Waals surface area contributed by atoms with Gasteiger partial charge in [0.15, 0.2) is 18.3 Å². The van der Waals surface area contributed by atoms with Crippen LogP contribution in [0.2, 0.25) is 5.02 Å². The van der Waals surface area contributed by atoms with Gasteiger partial charge in [-0.3, -0.25) is 4.79 Å². The van der Waals surface area contributed by atoms with Gasteiger partial charge in [0.1, 0.15) is 5.75 Å². The Morgan fingerprint density at radius 1 is 1.27 bits per heavy atom. The Kier molecular flexibility index (Phi) is 8.58. The zero-order valence-electron chi connectivity index (χ0n) is 20.0. The van der Waals surface area contributed by atoms with Gasteiger partial charge in [0.25, 0.3) is 5.91 Å². The minimum absolute atomic E-state index is 0.319. The lowest BCUT2D eigenvalue weighted by molar-refractivity contribution is 0.0829. The summed E-state index contributed by atoms with van der Waals surface area (Å²) in [6, 6.07) is 8.39. The van der Waals surface area contributed by atoms with E-state index < -0.39 is 14.6 Å². The summed E-state index contributed by atoms with van der Waals surface area (Å²) >= 11 is 7.80. The Morgan fingerprint density at radius 3 is 2.68 bits per heavy atom. The Balaban J connectivity index is 1.63. The number of hydrogen-bond acceptors (Lipinski definition) is 8. The molecule has 0 saturated carbocycles. The minimum atomic E-state index is -4.62. The molecule has 0 unspecified atom stereocenters. The van der Waals surface area contributed by atoms with Gasteiger partial charge in [0, 0.05) is 17.5 Å². The Labute approximate surface area is 221 Å². The molecule has 0 aliphatic heterocycles. The van der Waals surface area contributed by atoms with E-state index in [0.29, 0.717) is 56.9 Å². The van der Waals surface area contributed by atoms with Crippen molar-refractivity contribution in [3.8, 4) is 17.0 Å². The third-order valence-corrected chi connectivity index (χ3v) is 6.64. The second kappa shape index (κ2) is 11.7. The fourth-order valence-corrected chi connectivity index (χ4v) is 4.51. The number of aryl methyl sites for hydroxylation is 1. The first-order valence-corrected chi connectivity index (χ1v) is 14.1. The van der Waals surface area contributed by atoms with Crippen molar-refractivity contribution < 1.29 is 28.4 Å². The molecule has 0 saturated heterocycles. The predicted molar refractivity (Wildman–Crippen MR) is 141 cm³/mol. The largest absolute Gasteiger partial charge is 0.472 e. The molecule has 0 radical (unpaired) electrons. The van der Waals surface area contributed by atoms with Gasteiger partial charge >= 0.3 is 7.82 Å². The van der Waals surface area contributed by atoms with E-state index in [4.69, 9.17) is 31.1 Å². The average Bonchev–Trinajstić information content (AvgIpc) is 3.47. The van der Waals surface area contributed by atoms with Crippen LogP contribution in [0.3, 0.4) is 0 Å². The van der Waals surface area contributed by atoms with Crippen molar-refractivity contribution in [3.05, 3.63) is 52.5 Å². The molecule has 0 bridgehead atoms. The van der Waals surface area contributed by atoms with Gasteiger partial charge < -0.3 is 19.8 Å². The second-order valence-corrected chi connectivity index (χ2v) is 10.9. The van der Waals surface area contributed by atoms with Gasteiger partial charge in [-0.05, 0) is 60.6 Å². The standard InChI is InChI=1S/C23H25ClN5O6PS/c1-14(2)4-3-9-29-22-18(21(28-29)27-23(30)16-11-25-37-12-16)10-19(24)20(26-22)15-5-7-17(8-6-15)34-13-35-36(31,32)33/h5-8,10-12,14H,3-4,9,13H2,1-2H3,(H,27,28,30)(H2,31,32,33). The summed E-state index contributed by atoms with van der Waals surface area (Å²) in [5.41, 5.74) is 2.23. The number of phosphoric acid groups is 1. The highest BCUT2D eigenvalue weighted by Gasteiger charge is 2.19. The lowest BCUT2D eigenvalue weighted by atomic mass is 10.1. The van der Waals surface area contributed by atoms with E-state index >= 15 is 0 Å². The molecule has 196 valence electrons. The van der Waals surface area contributed by atoms with Crippen LogP contribution in [0.25, 0.3) is 22.3 Å². The minimum Gasteiger partial charge on any atom is -0.467 e. The number of benzene rings is 1. The lowest BCUT2D eigenvalue weighted by Gasteiger charge is -2.10. The molecule has 37 heavy (non-hydrogen) atoms. The molecule has 14 heteroatoms. The summed E-state index contributed by atoms with van der Waals surface area (Å²) in [5.74, 6) is 0.936. The summed E-state index contributed by atoms with van der Waals surface area (Å²) in [4.78, 5) is 35.0. The number of aromatic nitrogens is 4. The first-order valence-electron chi connectivity index (χ1n) is 11.3. The quantitative estimate of drug-likeness (QED) is 0.162. The summed E-state index contributed by atoms with van der Waals surface area (Å²) in [7, 11) is -4.62. The topological polar surface area (TPSA) is 149 Å². The summed E-state index contributed by atoms with van der Waals surface area (Å²) < 4.78 is 26.0. The fraction of sp³-hybridized carbons (Fsp3) is 0.304. The number of rotatable bonds is 11. The number of fused-ring (bicyclic) bond motifs is 1. The molecule has 11 nitrogen and oxygen atoms in total. The van der Waals surface area contributed by atoms with Crippen LogP contribution < -0.4 is 10.1 Å². The van der Waals surface area contributed by atoms with Gasteiger partial charge in [-0.15, -0.1) is 0 Å². The van der Waals surface area contributed by atoms with E-state index in [1.807, 2.05) is 0 Å². The van der Waals surface area contributed by atoms with Gasteiger partial charge in [0.05, 0.1) is 27.9 Å². The third-order valence-electron chi connectivity index (χ3n) is 5.33. The average molecular weight is 566 g/mol. The summed E-state index contributed by atoms with van der Waals surface area (Å²) in [6.45, 7) is 4.33. The van der Waals surface area contributed by atoms with Crippen LogP contribution in [0.5, 0.6) is 5.75 Å². The summed E-state index contributed by atoms with van der Waals surface area (Å²) in [5, 5.41) is 10.1. The third kappa shape index (κ3) is 7.13. The van der Waals surface area contributed by atoms with E-state index in [0.717, 1.165) is 12.8 Å². The molecule has 4 rings (SSSR count). The number of amides is 1. The number of carbonyl (C=O) groups is 1. The Bertz CT molecular complexity index is 1420. The molecule has 3 N–H and O–H groups in total. The highest BCUT2D eigenvalue weighted by atomic mass is 35.5. The van der Waals surface area contributed by atoms with E-state index in [9.17, 15) is 9.36 Å². The van der Waals surface area contributed by atoms with Crippen molar-refractivity contribution in [2.75, 3.05) is 12.1 Å². The smallest absolute Gasteiger partial charge is 0.467 e. The highest BCUT2D eigenvalue weighted by molar-refractivity contribution is 7.46. The van der Waals surface area contributed by atoms with Crippen molar-refractivity contribution in [2.45, 2.75) is 33.2 Å². The molecular weight excluding hydrogens is 541 g/mol. The van der Waals surface area contributed by atoms with Crippen molar-refractivity contribution in [3.63, 3.8) is 0 Å². The number of ether oxygens (including phenoxy) is 1. The fourth-order valence-electron chi connectivity index (χ4n) is 3.54. The molecule has 0 aliphatic rings. The summed E-state index contributed by atoms with van der Waals surface area (Å²) in [6.07, 6.45) is 3.40. The van der Waals surface area contributed by atoms with Crippen LogP contribution in [0.4, 0.5) is 5.82 Å². The van der Waals surface area contributed by atoms with Crippen molar-refractivity contribution in [1.82, 2.24) is 19.1 Å². The number of pyridine rings is 1. The van der Waals surface area contributed by atoms with Crippen molar-refractivity contribution in [1.29, 1.82) is 0 Å². The zero-order chi connectivity index (χ0) is 26.6. The first kappa shape index (κ1) is 27.2. The Hall–Kier alpha value is -2.86. The second-order valence-electron chi connectivity index (χ2n) is 8.57. The van der Waals surface area contributed by atoms with Crippen LogP contribution in [0.15, 0.2) is 41.9 Å². The number of hydrogen-bond donors (Lipinski definition) is 3. The zero-order valence-corrected chi connectivity index (χ0v) is 22.5. The van der Waals surface area contributed by atoms with Crippen LogP contribution in [0, 0.1) is 5.92 Å². The SMILES string of the molecule is CC(C)CCCn1nc(NC(=O)c2cnsc2)c2cc(Cl)c(-c3ccc(OCOP(=O)(O)O)cc3)nc21. The molecular formula is C23H25ClN5O6PS. The monoisotopic (exact) mass is 565 g/mol. The molecule has 0 fully saturated rings. The van der Waals surface area contributed by atoms with Gasteiger partial charge in [-0.25, -0.2) is 23.1 Å². The van der Waals surface area contributed by atoms with E-state index in [2.05, 4.69) is 33.2 Å².